The highest BCUT2D eigenvalue weighted by molar-refractivity contribution is 7.92. The minimum Gasteiger partial charge on any atom is -0.497 e. The number of sulfonamides is 1. The number of nitrogens with zero attached hydrogens (tertiary/aromatic N) is 1. The number of hydrogen-bond donors (Lipinski definition) is 1. The third-order valence-corrected chi connectivity index (χ3v) is 7.45. The van der Waals surface area contributed by atoms with E-state index in [-0.39, 0.29) is 22.1 Å². The summed E-state index contributed by atoms with van der Waals surface area (Å²) in [6, 6.07) is 18.9. The van der Waals surface area contributed by atoms with Gasteiger partial charge in [-0.3, -0.25) is 9.10 Å². The van der Waals surface area contributed by atoms with Crippen LogP contribution in [0.1, 0.15) is 12.0 Å². The number of nitrogens with one attached hydrogen (secondary N) is 1. The third kappa shape index (κ3) is 6.85. The molecule has 0 aliphatic heterocycles. The van der Waals surface area contributed by atoms with Crippen LogP contribution in [0.2, 0.25) is 0 Å². The molecule has 0 radical (unpaired) electrons. The topological polar surface area (TPSA) is 103 Å². The zero-order chi connectivity index (χ0) is 26.8. The lowest BCUT2D eigenvalue weighted by Gasteiger charge is -2.26. The van der Waals surface area contributed by atoms with E-state index in [4.69, 9.17) is 18.9 Å². The molecule has 0 fully saturated rings. The van der Waals surface area contributed by atoms with Crippen molar-refractivity contribution in [3.63, 3.8) is 0 Å². The first-order valence-corrected chi connectivity index (χ1v) is 13.1. The highest BCUT2D eigenvalue weighted by Crippen LogP contribution is 2.37. The van der Waals surface area contributed by atoms with E-state index >= 15 is 0 Å². The van der Waals surface area contributed by atoms with Gasteiger partial charge in [0, 0.05) is 18.7 Å². The molecule has 10 heteroatoms. The Balaban J connectivity index is 1.90. The minimum absolute atomic E-state index is 0.0769. The molecule has 3 aromatic rings. The molecule has 0 aromatic heterocycles. The molecule has 37 heavy (non-hydrogen) atoms. The van der Waals surface area contributed by atoms with Crippen LogP contribution in [0, 0.1) is 0 Å². The van der Waals surface area contributed by atoms with E-state index in [1.807, 2.05) is 30.3 Å². The molecular formula is C27H32N2O7S. The molecule has 1 N–H and O–H groups in total. The van der Waals surface area contributed by atoms with Crippen LogP contribution in [0.25, 0.3) is 0 Å². The summed E-state index contributed by atoms with van der Waals surface area (Å²) in [6.07, 6.45) is 1.50. The highest BCUT2D eigenvalue weighted by Gasteiger charge is 2.31. The van der Waals surface area contributed by atoms with Gasteiger partial charge in [0.2, 0.25) is 5.91 Å². The van der Waals surface area contributed by atoms with Crippen molar-refractivity contribution in [1.82, 2.24) is 5.32 Å². The fourth-order valence-electron chi connectivity index (χ4n) is 3.75. The van der Waals surface area contributed by atoms with E-state index in [1.165, 1.54) is 52.7 Å². The summed E-state index contributed by atoms with van der Waals surface area (Å²) in [5, 5.41) is 2.82. The molecule has 0 aliphatic carbocycles. The Morgan fingerprint density at radius 1 is 0.811 bits per heavy atom. The molecule has 3 rings (SSSR count). The number of carbonyl (C=O) groups is 1. The number of hydrogen-bond acceptors (Lipinski definition) is 7. The predicted molar refractivity (Wildman–Crippen MR) is 141 cm³/mol. The van der Waals surface area contributed by atoms with Gasteiger partial charge in [0.1, 0.15) is 18.0 Å². The van der Waals surface area contributed by atoms with Crippen molar-refractivity contribution in [2.24, 2.45) is 0 Å². The first-order valence-electron chi connectivity index (χ1n) is 11.6. The number of benzene rings is 3. The number of carbonyl (C=O) groups excluding carboxylic acids is 1. The number of rotatable bonds is 13. The van der Waals surface area contributed by atoms with Gasteiger partial charge in [0.25, 0.3) is 10.0 Å². The van der Waals surface area contributed by atoms with Gasteiger partial charge in [0.15, 0.2) is 11.5 Å². The van der Waals surface area contributed by atoms with Crippen LogP contribution in [-0.2, 0) is 21.2 Å². The molecule has 0 saturated heterocycles. The normalized spacial score (nSPS) is 10.9. The number of methoxy groups -OCH3 is 4. The average molecular weight is 529 g/mol. The first kappa shape index (κ1) is 27.7. The van der Waals surface area contributed by atoms with Gasteiger partial charge in [-0.05, 0) is 42.7 Å². The standard InChI is InChI=1S/C27H32N2O7S/c1-33-21-12-14-24(34-2)23(17-21)29(19-27(30)28-16-8-11-20-9-6-5-7-10-20)37(31,32)22-13-15-25(35-3)26(18-22)36-4/h5-7,9-10,12-15,17-18H,8,11,16,19H2,1-4H3,(H,28,30). The number of anilines is 1. The number of ether oxygens (including phenoxy) is 4. The number of aryl methyl sites for hydroxylation is 1. The molecule has 0 atom stereocenters. The maximum atomic E-state index is 13.9. The van der Waals surface area contributed by atoms with E-state index in [9.17, 15) is 13.2 Å². The van der Waals surface area contributed by atoms with Crippen molar-refractivity contribution in [3.8, 4) is 23.0 Å². The van der Waals surface area contributed by atoms with E-state index in [2.05, 4.69) is 5.32 Å². The first-order chi connectivity index (χ1) is 17.8. The molecule has 9 nitrogen and oxygen atoms in total. The Hall–Kier alpha value is -3.92. The molecule has 0 spiro atoms. The molecule has 0 aliphatic rings. The lowest BCUT2D eigenvalue weighted by molar-refractivity contribution is -0.119. The van der Waals surface area contributed by atoms with Gasteiger partial charge in [-0.2, -0.15) is 0 Å². The van der Waals surface area contributed by atoms with Crippen molar-refractivity contribution in [3.05, 3.63) is 72.3 Å². The van der Waals surface area contributed by atoms with Crippen molar-refractivity contribution < 1.29 is 32.2 Å². The second-order valence-electron chi connectivity index (χ2n) is 8.01. The Labute approximate surface area is 218 Å². The highest BCUT2D eigenvalue weighted by atomic mass is 32.2. The Bertz CT molecular complexity index is 1300. The summed E-state index contributed by atoms with van der Waals surface area (Å²) in [7, 11) is 1.54. The Kier molecular flexibility index (Phi) is 9.62. The quantitative estimate of drug-likeness (QED) is 0.338. The molecule has 0 heterocycles. The summed E-state index contributed by atoms with van der Waals surface area (Å²) in [6.45, 7) is -0.0707. The average Bonchev–Trinajstić information content (AvgIpc) is 2.93. The summed E-state index contributed by atoms with van der Waals surface area (Å²) in [4.78, 5) is 12.9. The van der Waals surface area contributed by atoms with Gasteiger partial charge in [-0.15, -0.1) is 0 Å². The van der Waals surface area contributed by atoms with Crippen LogP contribution in [0.15, 0.2) is 71.6 Å². The van der Waals surface area contributed by atoms with Crippen LogP contribution in [-0.4, -0.2) is 55.9 Å². The van der Waals surface area contributed by atoms with Gasteiger partial charge in [-0.25, -0.2) is 8.42 Å². The van der Waals surface area contributed by atoms with Crippen LogP contribution in [0.4, 0.5) is 5.69 Å². The fourth-order valence-corrected chi connectivity index (χ4v) is 5.19. The molecular weight excluding hydrogens is 496 g/mol. The third-order valence-electron chi connectivity index (χ3n) is 5.69. The molecule has 0 bridgehead atoms. The predicted octanol–water partition coefficient (Wildman–Crippen LogP) is 3.67. The van der Waals surface area contributed by atoms with Crippen molar-refractivity contribution in [2.45, 2.75) is 17.7 Å². The Morgan fingerprint density at radius 2 is 1.49 bits per heavy atom. The molecule has 3 aromatic carbocycles. The summed E-state index contributed by atoms with van der Waals surface area (Å²) in [5.74, 6) is 0.838. The smallest absolute Gasteiger partial charge is 0.265 e. The van der Waals surface area contributed by atoms with Crippen LogP contribution < -0.4 is 28.6 Å². The van der Waals surface area contributed by atoms with Crippen molar-refractivity contribution in [1.29, 1.82) is 0 Å². The lowest BCUT2D eigenvalue weighted by atomic mass is 10.1. The van der Waals surface area contributed by atoms with E-state index in [0.717, 1.165) is 16.3 Å². The maximum absolute atomic E-state index is 13.9. The number of amides is 1. The summed E-state index contributed by atoms with van der Waals surface area (Å²) in [5.41, 5.74) is 1.33. The van der Waals surface area contributed by atoms with Gasteiger partial charge in [0.05, 0.1) is 39.0 Å². The summed E-state index contributed by atoms with van der Waals surface area (Å²) >= 11 is 0. The molecule has 0 saturated carbocycles. The van der Waals surface area contributed by atoms with Crippen molar-refractivity contribution >= 4 is 21.6 Å². The van der Waals surface area contributed by atoms with Crippen molar-refractivity contribution in [2.75, 3.05) is 45.8 Å². The summed E-state index contributed by atoms with van der Waals surface area (Å²) < 4.78 is 50.0. The lowest BCUT2D eigenvalue weighted by Crippen LogP contribution is -2.41. The molecule has 0 unspecified atom stereocenters. The minimum atomic E-state index is -4.24. The largest absolute Gasteiger partial charge is 0.497 e. The second-order valence-corrected chi connectivity index (χ2v) is 9.87. The van der Waals surface area contributed by atoms with E-state index in [1.54, 1.807) is 12.1 Å². The van der Waals surface area contributed by atoms with E-state index < -0.39 is 22.5 Å². The molecule has 198 valence electrons. The van der Waals surface area contributed by atoms with E-state index in [0.29, 0.717) is 24.5 Å². The van der Waals surface area contributed by atoms with Gasteiger partial charge < -0.3 is 24.3 Å². The zero-order valence-corrected chi connectivity index (χ0v) is 22.2. The van der Waals surface area contributed by atoms with Gasteiger partial charge >= 0.3 is 0 Å². The Morgan fingerprint density at radius 3 is 2.14 bits per heavy atom. The van der Waals surface area contributed by atoms with Crippen LogP contribution in [0.5, 0.6) is 23.0 Å². The molecule has 1 amide bonds. The second kappa shape index (κ2) is 12.9. The monoisotopic (exact) mass is 528 g/mol. The van der Waals surface area contributed by atoms with Gasteiger partial charge in [-0.1, -0.05) is 30.3 Å². The zero-order valence-electron chi connectivity index (χ0n) is 21.4. The van der Waals surface area contributed by atoms with Crippen LogP contribution >= 0.6 is 0 Å². The SMILES string of the molecule is COc1ccc(OC)c(N(CC(=O)NCCCc2ccccc2)S(=O)(=O)c2ccc(OC)c(OC)c2)c1. The maximum Gasteiger partial charge on any atom is 0.265 e. The van der Waals surface area contributed by atoms with Crippen LogP contribution in [0.3, 0.4) is 0 Å². The fraction of sp³-hybridized carbons (Fsp3) is 0.296.